The van der Waals surface area contributed by atoms with Crippen molar-refractivity contribution in [3.63, 3.8) is 0 Å². The monoisotopic (exact) mass is 250 g/mol. The zero-order valence-corrected chi connectivity index (χ0v) is 12.0. The Morgan fingerprint density at radius 1 is 1.33 bits per heavy atom. The molecule has 0 aromatic heterocycles. The van der Waals surface area contributed by atoms with Crippen LogP contribution in [0.1, 0.15) is 52.9 Å². The molecule has 2 rings (SSSR count). The zero-order chi connectivity index (χ0) is 13.4. The van der Waals surface area contributed by atoms with Crippen molar-refractivity contribution in [3.05, 3.63) is 11.6 Å². The first-order valence-electron chi connectivity index (χ1n) is 7.11. The summed E-state index contributed by atoms with van der Waals surface area (Å²) >= 11 is 0. The normalized spacial score (nSPS) is 24.0. The Morgan fingerprint density at radius 3 is 2.39 bits per heavy atom. The summed E-state index contributed by atoms with van der Waals surface area (Å²) < 4.78 is 0. The van der Waals surface area contributed by atoms with Gasteiger partial charge in [-0.1, -0.05) is 45.3 Å². The second kappa shape index (κ2) is 4.69. The molecule has 0 aromatic rings. The van der Waals surface area contributed by atoms with Gasteiger partial charge in [0.1, 0.15) is 0 Å². The maximum atomic E-state index is 12.5. The topological polar surface area (TPSA) is 46.3 Å². The summed E-state index contributed by atoms with van der Waals surface area (Å²) in [5.74, 6) is 0.171. The van der Waals surface area contributed by atoms with Crippen molar-refractivity contribution >= 4 is 5.91 Å². The molecule has 1 aliphatic heterocycles. The summed E-state index contributed by atoms with van der Waals surface area (Å²) in [6.07, 6.45) is 7.12. The molecule has 0 aromatic carbocycles. The van der Waals surface area contributed by atoms with Gasteiger partial charge in [-0.05, 0) is 24.7 Å². The van der Waals surface area contributed by atoms with E-state index in [0.29, 0.717) is 0 Å². The molecule has 3 heteroatoms. The first-order valence-corrected chi connectivity index (χ1v) is 7.11. The lowest BCUT2D eigenvalue weighted by Gasteiger charge is -2.36. The molecule has 0 unspecified atom stereocenters. The van der Waals surface area contributed by atoms with E-state index in [4.69, 9.17) is 5.73 Å². The van der Waals surface area contributed by atoms with Crippen LogP contribution >= 0.6 is 0 Å². The second-order valence-electron chi connectivity index (χ2n) is 6.84. The lowest BCUT2D eigenvalue weighted by Crippen LogP contribution is -2.54. The van der Waals surface area contributed by atoms with Crippen LogP contribution in [0.15, 0.2) is 11.6 Å². The van der Waals surface area contributed by atoms with Gasteiger partial charge >= 0.3 is 0 Å². The molecule has 18 heavy (non-hydrogen) atoms. The van der Waals surface area contributed by atoms with Gasteiger partial charge in [0, 0.05) is 13.1 Å². The number of nitrogens with two attached hydrogens (primary N) is 1. The summed E-state index contributed by atoms with van der Waals surface area (Å²) in [6, 6.07) is 0. The SMILES string of the molecule is CC(C)(C)C1=CCN(C(=O)C2(N)CCCC2)CC1. The van der Waals surface area contributed by atoms with Gasteiger partial charge in [-0.15, -0.1) is 0 Å². The van der Waals surface area contributed by atoms with Gasteiger partial charge < -0.3 is 10.6 Å². The number of rotatable bonds is 1. The first kappa shape index (κ1) is 13.6. The summed E-state index contributed by atoms with van der Waals surface area (Å²) in [5, 5.41) is 0. The predicted molar refractivity (Wildman–Crippen MR) is 74.1 cm³/mol. The van der Waals surface area contributed by atoms with Crippen LogP contribution in [0.3, 0.4) is 0 Å². The van der Waals surface area contributed by atoms with Gasteiger partial charge in [-0.3, -0.25) is 4.79 Å². The molecule has 3 nitrogen and oxygen atoms in total. The molecule has 102 valence electrons. The van der Waals surface area contributed by atoms with Gasteiger partial charge in [0.15, 0.2) is 0 Å². The average Bonchev–Trinajstić information content (AvgIpc) is 2.75. The molecule has 1 amide bonds. The minimum atomic E-state index is -0.562. The van der Waals surface area contributed by atoms with Gasteiger partial charge in [0.25, 0.3) is 0 Å². The van der Waals surface area contributed by atoms with E-state index in [1.807, 2.05) is 4.90 Å². The Kier molecular flexibility index (Phi) is 3.54. The fourth-order valence-electron chi connectivity index (χ4n) is 3.07. The highest BCUT2D eigenvalue weighted by molar-refractivity contribution is 5.86. The molecule has 1 fully saturated rings. The van der Waals surface area contributed by atoms with E-state index in [1.165, 1.54) is 5.57 Å². The number of carbonyl (C=O) groups excluding carboxylic acids is 1. The van der Waals surface area contributed by atoms with Gasteiger partial charge in [-0.2, -0.15) is 0 Å². The molecule has 1 heterocycles. The van der Waals surface area contributed by atoms with Crippen LogP contribution in [0.4, 0.5) is 0 Å². The van der Waals surface area contributed by atoms with E-state index in [0.717, 1.165) is 45.2 Å². The fourth-order valence-corrected chi connectivity index (χ4v) is 3.07. The summed E-state index contributed by atoms with van der Waals surface area (Å²) in [4.78, 5) is 14.4. The molecule has 2 N–H and O–H groups in total. The molecule has 0 radical (unpaired) electrons. The van der Waals surface area contributed by atoms with Crippen molar-refractivity contribution in [2.45, 2.75) is 58.4 Å². The second-order valence-corrected chi connectivity index (χ2v) is 6.84. The van der Waals surface area contributed by atoms with Crippen LogP contribution in [0.5, 0.6) is 0 Å². The maximum Gasteiger partial charge on any atom is 0.242 e. The third-order valence-electron chi connectivity index (χ3n) is 4.38. The Hall–Kier alpha value is -0.830. The molecule has 0 bridgehead atoms. The zero-order valence-electron chi connectivity index (χ0n) is 12.0. The highest BCUT2D eigenvalue weighted by atomic mass is 16.2. The van der Waals surface area contributed by atoms with Crippen LogP contribution in [0.2, 0.25) is 0 Å². The third kappa shape index (κ3) is 2.61. The lowest BCUT2D eigenvalue weighted by molar-refractivity contribution is -0.136. The Bertz CT molecular complexity index is 359. The molecule has 0 atom stereocenters. The standard InChI is InChI=1S/C15H26N2O/c1-14(2,3)12-6-10-17(11-7-12)13(18)15(16)8-4-5-9-15/h6H,4-5,7-11,16H2,1-3H3. The number of hydrogen-bond donors (Lipinski definition) is 1. The largest absolute Gasteiger partial charge is 0.337 e. The van der Waals surface area contributed by atoms with Crippen molar-refractivity contribution in [2.75, 3.05) is 13.1 Å². The molecule has 0 spiro atoms. The van der Waals surface area contributed by atoms with E-state index in [1.54, 1.807) is 0 Å². The quantitative estimate of drug-likeness (QED) is 0.727. The van der Waals surface area contributed by atoms with Crippen molar-refractivity contribution < 1.29 is 4.79 Å². The van der Waals surface area contributed by atoms with Crippen LogP contribution in [-0.2, 0) is 4.79 Å². The average molecular weight is 250 g/mol. The predicted octanol–water partition coefficient (Wildman–Crippen LogP) is 2.46. The summed E-state index contributed by atoms with van der Waals surface area (Å²) in [7, 11) is 0. The summed E-state index contributed by atoms with van der Waals surface area (Å²) in [5.41, 5.74) is 7.37. The van der Waals surface area contributed by atoms with Gasteiger partial charge in [0.2, 0.25) is 5.91 Å². The van der Waals surface area contributed by atoms with Gasteiger partial charge in [0.05, 0.1) is 5.54 Å². The number of hydrogen-bond acceptors (Lipinski definition) is 2. The molecule has 0 saturated heterocycles. The van der Waals surface area contributed by atoms with Crippen LogP contribution < -0.4 is 5.73 Å². The van der Waals surface area contributed by atoms with Crippen molar-refractivity contribution in [1.29, 1.82) is 0 Å². The molecule has 1 aliphatic carbocycles. The smallest absolute Gasteiger partial charge is 0.242 e. The Labute approximate surface area is 110 Å². The Morgan fingerprint density at radius 2 is 1.94 bits per heavy atom. The highest BCUT2D eigenvalue weighted by Crippen LogP contribution is 2.33. The molecular weight excluding hydrogens is 224 g/mol. The first-order chi connectivity index (χ1) is 8.33. The molecular formula is C15H26N2O. The lowest BCUT2D eigenvalue weighted by atomic mass is 9.82. The number of nitrogens with zero attached hydrogens (tertiary/aromatic N) is 1. The number of amides is 1. The van der Waals surface area contributed by atoms with Crippen LogP contribution in [0.25, 0.3) is 0 Å². The van der Waals surface area contributed by atoms with Crippen molar-refractivity contribution in [2.24, 2.45) is 11.1 Å². The van der Waals surface area contributed by atoms with Gasteiger partial charge in [-0.25, -0.2) is 0 Å². The minimum absolute atomic E-state index is 0.171. The highest BCUT2D eigenvalue weighted by Gasteiger charge is 2.40. The maximum absolute atomic E-state index is 12.5. The van der Waals surface area contributed by atoms with Crippen molar-refractivity contribution in [1.82, 2.24) is 4.90 Å². The third-order valence-corrected chi connectivity index (χ3v) is 4.38. The molecule has 2 aliphatic rings. The van der Waals surface area contributed by atoms with Crippen LogP contribution in [0, 0.1) is 5.41 Å². The summed E-state index contributed by atoms with van der Waals surface area (Å²) in [6.45, 7) is 8.28. The minimum Gasteiger partial charge on any atom is -0.337 e. The van der Waals surface area contributed by atoms with E-state index in [9.17, 15) is 4.79 Å². The van der Waals surface area contributed by atoms with E-state index in [2.05, 4.69) is 26.8 Å². The number of carbonyl (C=O) groups is 1. The fraction of sp³-hybridized carbons (Fsp3) is 0.800. The van der Waals surface area contributed by atoms with E-state index < -0.39 is 5.54 Å². The molecule has 1 saturated carbocycles. The van der Waals surface area contributed by atoms with E-state index in [-0.39, 0.29) is 11.3 Å². The van der Waals surface area contributed by atoms with E-state index >= 15 is 0 Å². The van der Waals surface area contributed by atoms with Crippen LogP contribution in [-0.4, -0.2) is 29.4 Å². The van der Waals surface area contributed by atoms with Crippen molar-refractivity contribution in [3.8, 4) is 0 Å². The Balaban J connectivity index is 2.02.